The lowest BCUT2D eigenvalue weighted by atomic mass is 9.91. The number of nitrogens with one attached hydrogen (secondary N) is 1. The summed E-state index contributed by atoms with van der Waals surface area (Å²) in [6.45, 7) is 0. The van der Waals surface area contributed by atoms with Gasteiger partial charge in [0.15, 0.2) is 0 Å². The standard InChI is InChI=1S/C13H17FN2OS/c14-9-6-5-8(7-12(9)18)13(17)16-11-4-2-1-3-10(11)15/h5-7,10-11,18H,1-4,15H2,(H,16,17). The number of amides is 1. The molecule has 3 N–H and O–H groups in total. The number of benzene rings is 1. The number of nitrogens with two attached hydrogens (primary N) is 1. The predicted octanol–water partition coefficient (Wildman–Crippen LogP) is 2.11. The Hall–Kier alpha value is -1.07. The van der Waals surface area contributed by atoms with Gasteiger partial charge in [-0.1, -0.05) is 12.8 Å². The largest absolute Gasteiger partial charge is 0.348 e. The van der Waals surface area contributed by atoms with E-state index in [0.29, 0.717) is 5.56 Å². The highest BCUT2D eigenvalue weighted by Crippen LogP contribution is 2.18. The van der Waals surface area contributed by atoms with E-state index < -0.39 is 5.82 Å². The van der Waals surface area contributed by atoms with Crippen LogP contribution in [-0.2, 0) is 0 Å². The summed E-state index contributed by atoms with van der Waals surface area (Å²) in [5.41, 5.74) is 6.39. The Labute approximate surface area is 111 Å². The van der Waals surface area contributed by atoms with Crippen LogP contribution in [0.15, 0.2) is 23.1 Å². The molecule has 1 fully saturated rings. The molecule has 98 valence electrons. The summed E-state index contributed by atoms with van der Waals surface area (Å²) >= 11 is 3.97. The second-order valence-corrected chi connectivity index (χ2v) is 5.18. The van der Waals surface area contributed by atoms with Crippen LogP contribution in [0.1, 0.15) is 36.0 Å². The normalized spacial score (nSPS) is 23.7. The van der Waals surface area contributed by atoms with E-state index in [2.05, 4.69) is 17.9 Å². The van der Waals surface area contributed by atoms with Crippen molar-refractivity contribution >= 4 is 18.5 Å². The molecule has 18 heavy (non-hydrogen) atoms. The number of hydrogen-bond acceptors (Lipinski definition) is 3. The SMILES string of the molecule is NC1CCCCC1NC(=O)c1ccc(F)c(S)c1. The Kier molecular flexibility index (Phi) is 4.24. The average molecular weight is 268 g/mol. The molecule has 1 aliphatic carbocycles. The minimum absolute atomic E-state index is 0.0126. The fourth-order valence-electron chi connectivity index (χ4n) is 2.24. The van der Waals surface area contributed by atoms with Gasteiger partial charge in [-0.25, -0.2) is 4.39 Å². The Morgan fingerprint density at radius 3 is 2.78 bits per heavy atom. The zero-order chi connectivity index (χ0) is 13.1. The third-order valence-electron chi connectivity index (χ3n) is 3.34. The van der Waals surface area contributed by atoms with Crippen molar-refractivity contribution in [2.45, 2.75) is 42.7 Å². The van der Waals surface area contributed by atoms with E-state index >= 15 is 0 Å². The van der Waals surface area contributed by atoms with Crippen molar-refractivity contribution < 1.29 is 9.18 Å². The van der Waals surface area contributed by atoms with E-state index in [-0.39, 0.29) is 22.9 Å². The minimum Gasteiger partial charge on any atom is -0.348 e. The summed E-state index contributed by atoms with van der Waals surface area (Å²) in [5, 5.41) is 2.91. The summed E-state index contributed by atoms with van der Waals surface area (Å²) in [4.78, 5) is 12.2. The van der Waals surface area contributed by atoms with Crippen LogP contribution in [0.4, 0.5) is 4.39 Å². The molecule has 0 aromatic heterocycles. The highest BCUT2D eigenvalue weighted by molar-refractivity contribution is 7.80. The van der Waals surface area contributed by atoms with E-state index in [9.17, 15) is 9.18 Å². The number of carbonyl (C=O) groups is 1. The lowest BCUT2D eigenvalue weighted by Gasteiger charge is -2.29. The lowest BCUT2D eigenvalue weighted by molar-refractivity contribution is 0.0921. The maximum absolute atomic E-state index is 13.1. The Bertz CT molecular complexity index is 453. The average Bonchev–Trinajstić information content (AvgIpc) is 2.35. The molecule has 0 saturated heterocycles. The molecule has 1 aromatic rings. The second-order valence-electron chi connectivity index (χ2n) is 4.69. The van der Waals surface area contributed by atoms with Crippen molar-refractivity contribution in [3.8, 4) is 0 Å². The smallest absolute Gasteiger partial charge is 0.251 e. The molecule has 1 aliphatic rings. The van der Waals surface area contributed by atoms with Gasteiger partial charge in [-0.05, 0) is 31.0 Å². The lowest BCUT2D eigenvalue weighted by Crippen LogP contribution is -2.49. The van der Waals surface area contributed by atoms with Crippen molar-refractivity contribution in [1.29, 1.82) is 0 Å². The summed E-state index contributed by atoms with van der Waals surface area (Å²) in [7, 11) is 0. The molecule has 2 rings (SSSR count). The third-order valence-corrected chi connectivity index (χ3v) is 3.69. The molecule has 1 aromatic carbocycles. The molecular formula is C13H17FN2OS. The van der Waals surface area contributed by atoms with Gasteiger partial charge >= 0.3 is 0 Å². The quantitative estimate of drug-likeness (QED) is 0.720. The van der Waals surface area contributed by atoms with E-state index in [0.717, 1.165) is 25.7 Å². The van der Waals surface area contributed by atoms with E-state index in [1.165, 1.54) is 18.2 Å². The molecule has 0 spiro atoms. The number of carbonyl (C=O) groups excluding carboxylic acids is 1. The molecule has 0 radical (unpaired) electrons. The topological polar surface area (TPSA) is 55.1 Å². The highest BCUT2D eigenvalue weighted by Gasteiger charge is 2.23. The van der Waals surface area contributed by atoms with Crippen LogP contribution in [0.3, 0.4) is 0 Å². The first kappa shape index (κ1) is 13.4. The van der Waals surface area contributed by atoms with E-state index in [1.54, 1.807) is 0 Å². The summed E-state index contributed by atoms with van der Waals surface area (Å²) < 4.78 is 13.1. The first-order chi connectivity index (χ1) is 8.58. The zero-order valence-electron chi connectivity index (χ0n) is 10.0. The van der Waals surface area contributed by atoms with Crippen molar-refractivity contribution in [2.24, 2.45) is 5.73 Å². The Morgan fingerprint density at radius 1 is 1.39 bits per heavy atom. The van der Waals surface area contributed by atoms with Crippen LogP contribution in [0.5, 0.6) is 0 Å². The van der Waals surface area contributed by atoms with E-state index in [1.807, 2.05) is 0 Å². The van der Waals surface area contributed by atoms with Crippen molar-refractivity contribution in [1.82, 2.24) is 5.32 Å². The van der Waals surface area contributed by atoms with Gasteiger partial charge in [0.05, 0.1) is 0 Å². The third kappa shape index (κ3) is 3.03. The van der Waals surface area contributed by atoms with Gasteiger partial charge in [-0.2, -0.15) is 0 Å². The van der Waals surface area contributed by atoms with Crippen molar-refractivity contribution in [3.63, 3.8) is 0 Å². The molecule has 1 amide bonds. The molecule has 3 nitrogen and oxygen atoms in total. The highest BCUT2D eigenvalue weighted by atomic mass is 32.1. The maximum atomic E-state index is 13.1. The van der Waals surface area contributed by atoms with Crippen LogP contribution in [0, 0.1) is 5.82 Å². The molecule has 5 heteroatoms. The number of thiol groups is 1. The Morgan fingerprint density at radius 2 is 2.11 bits per heavy atom. The van der Waals surface area contributed by atoms with Crippen LogP contribution in [0.2, 0.25) is 0 Å². The van der Waals surface area contributed by atoms with Crippen molar-refractivity contribution in [3.05, 3.63) is 29.6 Å². The fraction of sp³-hybridized carbons (Fsp3) is 0.462. The predicted molar refractivity (Wildman–Crippen MR) is 71.3 cm³/mol. The molecule has 2 unspecified atom stereocenters. The summed E-state index contributed by atoms with van der Waals surface area (Å²) in [6, 6.07) is 4.16. The van der Waals surface area contributed by atoms with Crippen molar-refractivity contribution in [2.75, 3.05) is 0 Å². The Balaban J connectivity index is 2.04. The van der Waals surface area contributed by atoms with Gasteiger partial charge in [0.1, 0.15) is 5.82 Å². The van der Waals surface area contributed by atoms with E-state index in [4.69, 9.17) is 5.73 Å². The van der Waals surface area contributed by atoms with Crippen LogP contribution in [0.25, 0.3) is 0 Å². The zero-order valence-corrected chi connectivity index (χ0v) is 10.9. The van der Waals surface area contributed by atoms with Gasteiger partial charge in [-0.3, -0.25) is 4.79 Å². The number of hydrogen-bond donors (Lipinski definition) is 3. The van der Waals surface area contributed by atoms with Crippen LogP contribution >= 0.6 is 12.6 Å². The van der Waals surface area contributed by atoms with Gasteiger partial charge in [0, 0.05) is 22.5 Å². The first-order valence-electron chi connectivity index (χ1n) is 6.13. The molecule has 2 atom stereocenters. The van der Waals surface area contributed by atoms with Gasteiger partial charge < -0.3 is 11.1 Å². The van der Waals surface area contributed by atoms with Crippen LogP contribution in [-0.4, -0.2) is 18.0 Å². The molecule has 0 aliphatic heterocycles. The molecule has 1 saturated carbocycles. The van der Waals surface area contributed by atoms with Gasteiger partial charge in [0.2, 0.25) is 0 Å². The monoisotopic (exact) mass is 268 g/mol. The summed E-state index contributed by atoms with van der Waals surface area (Å²) in [5.74, 6) is -0.642. The molecule has 0 bridgehead atoms. The first-order valence-corrected chi connectivity index (χ1v) is 6.57. The number of rotatable bonds is 2. The van der Waals surface area contributed by atoms with Gasteiger partial charge in [-0.15, -0.1) is 12.6 Å². The second kappa shape index (κ2) is 5.71. The number of halogens is 1. The fourth-order valence-corrected chi connectivity index (χ4v) is 2.46. The van der Waals surface area contributed by atoms with Crippen LogP contribution < -0.4 is 11.1 Å². The maximum Gasteiger partial charge on any atom is 0.251 e. The van der Waals surface area contributed by atoms with Gasteiger partial charge in [0.25, 0.3) is 5.91 Å². The minimum atomic E-state index is -0.427. The summed E-state index contributed by atoms with van der Waals surface area (Å²) in [6.07, 6.45) is 4.04. The molecular weight excluding hydrogens is 251 g/mol. The molecule has 0 heterocycles.